The van der Waals surface area contributed by atoms with E-state index in [-0.39, 0.29) is 11.3 Å². The number of hydrogen-bond acceptors (Lipinski definition) is 4. The third-order valence-corrected chi connectivity index (χ3v) is 3.53. The topological polar surface area (TPSA) is 68.0 Å². The first-order valence-corrected chi connectivity index (χ1v) is 6.99. The lowest BCUT2D eigenvalue weighted by Gasteiger charge is -2.23. The molecule has 1 N–H and O–H groups in total. The molecule has 0 saturated carbocycles. The molecule has 2 aromatic rings. The maximum atomic E-state index is 10.7. The summed E-state index contributed by atoms with van der Waals surface area (Å²) in [5.74, 6) is -0.847. The van der Waals surface area contributed by atoms with Gasteiger partial charge < -0.3 is 5.11 Å². The Balaban J connectivity index is 2.59. The summed E-state index contributed by atoms with van der Waals surface area (Å²) < 4.78 is 2.00. The molecule has 0 aromatic carbocycles. The Morgan fingerprint density at radius 2 is 2.05 bits per heavy atom. The van der Waals surface area contributed by atoms with Crippen molar-refractivity contribution < 1.29 is 9.90 Å². The number of carboxylic acids is 1. The van der Waals surface area contributed by atoms with Gasteiger partial charge in [-0.15, -0.1) is 0 Å². The van der Waals surface area contributed by atoms with Gasteiger partial charge in [0, 0.05) is 11.2 Å². The van der Waals surface area contributed by atoms with Gasteiger partial charge >= 0.3 is 5.97 Å². The van der Waals surface area contributed by atoms with Gasteiger partial charge in [-0.05, 0) is 39.8 Å². The van der Waals surface area contributed by atoms with Crippen LogP contribution in [0.3, 0.4) is 0 Å². The first-order valence-electron chi connectivity index (χ1n) is 6.00. The molecule has 0 aliphatic carbocycles. The fraction of sp³-hybridized carbons (Fsp3) is 0.462. The number of aryl methyl sites for hydroxylation is 1. The number of hydrogen-bond donors (Lipinski definition) is 1. The molecule has 0 atom stereocenters. The second kappa shape index (κ2) is 4.85. The van der Waals surface area contributed by atoms with Gasteiger partial charge in [0.25, 0.3) is 0 Å². The predicted molar refractivity (Wildman–Crippen MR) is 75.6 cm³/mol. The third-order valence-electron chi connectivity index (χ3n) is 2.61. The Kier molecular flexibility index (Phi) is 3.54. The summed E-state index contributed by atoms with van der Waals surface area (Å²) in [5, 5.41) is 9.51. The highest BCUT2D eigenvalue weighted by molar-refractivity contribution is 7.99. The highest BCUT2D eigenvalue weighted by atomic mass is 32.2. The van der Waals surface area contributed by atoms with Gasteiger partial charge in [0.2, 0.25) is 0 Å². The standard InChI is InChI=1S/C13H17N3O2S/c1-8-5-6-9-11(14-8)16(13(2,3)4)12(15-9)19-7-10(17)18/h5-6H,7H2,1-4H3,(H,17,18). The van der Waals surface area contributed by atoms with Crippen molar-refractivity contribution in [2.45, 2.75) is 38.4 Å². The zero-order chi connectivity index (χ0) is 14.2. The van der Waals surface area contributed by atoms with Crippen molar-refractivity contribution in [1.82, 2.24) is 14.5 Å². The van der Waals surface area contributed by atoms with Crippen molar-refractivity contribution in [3.63, 3.8) is 0 Å². The van der Waals surface area contributed by atoms with E-state index in [0.29, 0.717) is 5.16 Å². The van der Waals surface area contributed by atoms with Crippen molar-refractivity contribution in [2.24, 2.45) is 0 Å². The van der Waals surface area contributed by atoms with E-state index in [1.165, 1.54) is 11.8 Å². The predicted octanol–water partition coefficient (Wildman–Crippen LogP) is 2.67. The Morgan fingerprint density at radius 1 is 1.37 bits per heavy atom. The van der Waals surface area contributed by atoms with Crippen LogP contribution in [0.4, 0.5) is 0 Å². The lowest BCUT2D eigenvalue weighted by molar-refractivity contribution is -0.133. The first-order chi connectivity index (χ1) is 8.79. The van der Waals surface area contributed by atoms with E-state index in [1.807, 2.05) is 23.6 Å². The quantitative estimate of drug-likeness (QED) is 0.875. The van der Waals surface area contributed by atoms with Crippen LogP contribution in [0.1, 0.15) is 26.5 Å². The van der Waals surface area contributed by atoms with Crippen molar-refractivity contribution in [3.05, 3.63) is 17.8 Å². The number of carbonyl (C=O) groups is 1. The van der Waals surface area contributed by atoms with Gasteiger partial charge in [0.15, 0.2) is 10.8 Å². The molecule has 2 heterocycles. The molecule has 19 heavy (non-hydrogen) atoms. The van der Waals surface area contributed by atoms with Gasteiger partial charge in [-0.25, -0.2) is 9.97 Å². The number of aromatic nitrogens is 3. The number of carboxylic acid groups (broad SMARTS) is 1. The molecule has 0 bridgehead atoms. The van der Waals surface area contributed by atoms with Crippen molar-refractivity contribution >= 4 is 28.9 Å². The molecular weight excluding hydrogens is 262 g/mol. The Hall–Kier alpha value is -1.56. The van der Waals surface area contributed by atoms with E-state index >= 15 is 0 Å². The summed E-state index contributed by atoms with van der Waals surface area (Å²) in [6.07, 6.45) is 0. The van der Waals surface area contributed by atoms with Gasteiger partial charge in [-0.1, -0.05) is 11.8 Å². The first kappa shape index (κ1) is 13.9. The third kappa shape index (κ3) is 2.89. The fourth-order valence-corrected chi connectivity index (χ4v) is 2.76. The Labute approximate surface area is 116 Å². The summed E-state index contributed by atoms with van der Waals surface area (Å²) >= 11 is 1.23. The number of thioether (sulfide) groups is 1. The average molecular weight is 279 g/mol. The number of nitrogens with zero attached hydrogens (tertiary/aromatic N) is 3. The monoisotopic (exact) mass is 279 g/mol. The zero-order valence-electron chi connectivity index (χ0n) is 11.5. The van der Waals surface area contributed by atoms with Gasteiger partial charge in [0.05, 0.1) is 5.75 Å². The lowest BCUT2D eigenvalue weighted by atomic mass is 10.1. The Morgan fingerprint density at radius 3 is 2.63 bits per heavy atom. The molecular formula is C13H17N3O2S. The molecule has 0 unspecified atom stereocenters. The molecule has 0 fully saturated rings. The maximum Gasteiger partial charge on any atom is 0.313 e. The van der Waals surface area contributed by atoms with Crippen LogP contribution in [0.5, 0.6) is 0 Å². The molecule has 0 saturated heterocycles. The van der Waals surface area contributed by atoms with E-state index in [0.717, 1.165) is 16.9 Å². The minimum Gasteiger partial charge on any atom is -0.481 e. The van der Waals surface area contributed by atoms with Gasteiger partial charge in [-0.3, -0.25) is 9.36 Å². The fourth-order valence-electron chi connectivity index (χ4n) is 1.86. The summed E-state index contributed by atoms with van der Waals surface area (Å²) in [7, 11) is 0. The number of imidazole rings is 1. The second-order valence-corrected chi connectivity index (χ2v) is 6.32. The zero-order valence-corrected chi connectivity index (χ0v) is 12.3. The van der Waals surface area contributed by atoms with Crippen LogP contribution in [0.15, 0.2) is 17.3 Å². The molecule has 0 aliphatic heterocycles. The van der Waals surface area contributed by atoms with Crippen LogP contribution >= 0.6 is 11.8 Å². The average Bonchev–Trinajstić information content (AvgIpc) is 2.63. The minimum absolute atomic E-state index is 0.00160. The Bertz CT molecular complexity index is 629. The highest BCUT2D eigenvalue weighted by Crippen LogP contribution is 2.29. The molecule has 6 heteroatoms. The summed E-state index contributed by atoms with van der Waals surface area (Å²) in [6.45, 7) is 8.11. The summed E-state index contributed by atoms with van der Waals surface area (Å²) in [6, 6.07) is 3.83. The SMILES string of the molecule is Cc1ccc2nc(SCC(=O)O)n(C(C)(C)C)c2n1. The molecule has 2 rings (SSSR count). The van der Waals surface area contributed by atoms with Crippen LogP contribution < -0.4 is 0 Å². The van der Waals surface area contributed by atoms with E-state index < -0.39 is 5.97 Å². The molecule has 0 radical (unpaired) electrons. The largest absolute Gasteiger partial charge is 0.481 e. The molecule has 5 nitrogen and oxygen atoms in total. The van der Waals surface area contributed by atoms with Gasteiger partial charge in [0.1, 0.15) is 5.52 Å². The molecule has 0 aliphatic rings. The second-order valence-electron chi connectivity index (χ2n) is 5.38. The molecule has 2 aromatic heterocycles. The van der Waals surface area contributed by atoms with Crippen LogP contribution in [0.2, 0.25) is 0 Å². The number of aliphatic carboxylic acids is 1. The highest BCUT2D eigenvalue weighted by Gasteiger charge is 2.23. The van der Waals surface area contributed by atoms with Crippen LogP contribution in [0.25, 0.3) is 11.2 Å². The number of rotatable bonds is 3. The normalized spacial score (nSPS) is 12.0. The van der Waals surface area contributed by atoms with Crippen LogP contribution in [-0.4, -0.2) is 31.4 Å². The summed E-state index contributed by atoms with van der Waals surface area (Å²) in [5.41, 5.74) is 2.33. The van der Waals surface area contributed by atoms with Crippen LogP contribution in [0, 0.1) is 6.92 Å². The van der Waals surface area contributed by atoms with E-state index in [1.54, 1.807) is 0 Å². The number of pyridine rings is 1. The summed E-state index contributed by atoms with van der Waals surface area (Å²) in [4.78, 5) is 19.8. The molecule has 0 spiro atoms. The minimum atomic E-state index is -0.846. The van der Waals surface area contributed by atoms with Crippen molar-refractivity contribution in [3.8, 4) is 0 Å². The van der Waals surface area contributed by atoms with Crippen LogP contribution in [-0.2, 0) is 10.3 Å². The van der Waals surface area contributed by atoms with E-state index in [4.69, 9.17) is 5.11 Å². The lowest BCUT2D eigenvalue weighted by Crippen LogP contribution is -2.23. The molecule has 102 valence electrons. The number of fused-ring (bicyclic) bond motifs is 1. The van der Waals surface area contributed by atoms with E-state index in [9.17, 15) is 4.79 Å². The maximum absolute atomic E-state index is 10.7. The molecule has 0 amide bonds. The smallest absolute Gasteiger partial charge is 0.313 e. The van der Waals surface area contributed by atoms with Crippen molar-refractivity contribution in [1.29, 1.82) is 0 Å². The van der Waals surface area contributed by atoms with E-state index in [2.05, 4.69) is 30.7 Å². The van der Waals surface area contributed by atoms with Crippen molar-refractivity contribution in [2.75, 3.05) is 5.75 Å². The van der Waals surface area contributed by atoms with Gasteiger partial charge in [-0.2, -0.15) is 0 Å².